The number of imidazole rings is 2. The molecule has 0 radical (unpaired) electrons. The lowest BCUT2D eigenvalue weighted by Gasteiger charge is -2.12. The second kappa shape index (κ2) is 8.76. The molecule has 166 valence electrons. The van der Waals surface area contributed by atoms with E-state index in [1.165, 1.54) is 34.3 Å². The van der Waals surface area contributed by atoms with E-state index >= 15 is 0 Å². The molecular formula is C13H18N12O4S2. The minimum absolute atomic E-state index is 0.0229. The van der Waals surface area contributed by atoms with Crippen LogP contribution in [0.15, 0.2) is 28.7 Å². The molecule has 0 unspecified atom stereocenters. The maximum absolute atomic E-state index is 12.5. The van der Waals surface area contributed by atoms with Crippen LogP contribution in [0.4, 0.5) is 11.9 Å². The molecule has 18 heteroatoms. The van der Waals surface area contributed by atoms with Crippen LogP contribution in [-0.2, 0) is 20.4 Å². The highest BCUT2D eigenvalue weighted by Crippen LogP contribution is 2.29. The Morgan fingerprint density at radius 2 is 1.26 bits per heavy atom. The Kier molecular flexibility index (Phi) is 6.75. The molecule has 0 fully saturated rings. The summed E-state index contributed by atoms with van der Waals surface area (Å²) >= 11 is 0. The third-order valence-electron chi connectivity index (χ3n) is 3.84. The molecule has 2 rings (SSSR count). The predicted octanol–water partition coefficient (Wildman–Crippen LogP) is 1.72. The van der Waals surface area contributed by atoms with Crippen LogP contribution in [0.1, 0.15) is 18.3 Å². The molecule has 0 aliphatic carbocycles. The summed E-state index contributed by atoms with van der Waals surface area (Å²) in [5.74, 6) is -0.915. The van der Waals surface area contributed by atoms with E-state index in [4.69, 9.17) is 11.1 Å². The molecule has 0 aliphatic rings. The molecule has 0 bridgehead atoms. The van der Waals surface area contributed by atoms with Gasteiger partial charge in [-0.2, -0.15) is 25.4 Å². The lowest BCUT2D eigenvalue weighted by Crippen LogP contribution is -2.28. The molecule has 0 spiro atoms. The fourth-order valence-electron chi connectivity index (χ4n) is 2.30. The van der Waals surface area contributed by atoms with E-state index in [2.05, 4.69) is 30.0 Å². The third kappa shape index (κ3) is 4.38. The summed E-state index contributed by atoms with van der Waals surface area (Å²) in [4.78, 5) is 13.2. The molecule has 0 aliphatic heterocycles. The topological polar surface area (TPSA) is 208 Å². The Morgan fingerprint density at radius 1 is 0.903 bits per heavy atom. The van der Waals surface area contributed by atoms with Crippen LogP contribution in [0, 0.1) is 0 Å². The van der Waals surface area contributed by atoms with Crippen LogP contribution in [0.2, 0.25) is 0 Å². The maximum atomic E-state index is 12.5. The molecule has 2 heterocycles. The van der Waals surface area contributed by atoms with Crippen molar-refractivity contribution >= 4 is 37.9 Å². The molecule has 2 aromatic rings. The fraction of sp³-hybridized carbons (Fsp3) is 0.385. The number of azide groups is 2. The lowest BCUT2D eigenvalue weighted by molar-refractivity contribution is 0.510. The summed E-state index contributed by atoms with van der Waals surface area (Å²) in [6.07, 6.45) is 3.69. The van der Waals surface area contributed by atoms with Gasteiger partial charge in [-0.1, -0.05) is 6.08 Å². The molecule has 2 aromatic heterocycles. The third-order valence-corrected chi connectivity index (χ3v) is 7.22. The number of allylic oxidation sites excluding steroid dienone is 1. The smallest absolute Gasteiger partial charge is 0.226 e. The maximum Gasteiger partial charge on any atom is 0.308 e. The number of hydrogen-bond donors (Lipinski definition) is 0. The molecule has 0 atom stereocenters. The monoisotopic (exact) mass is 470 g/mol. The predicted molar refractivity (Wildman–Crippen MR) is 111 cm³/mol. The van der Waals surface area contributed by atoms with E-state index in [1.807, 2.05) is 0 Å². The lowest BCUT2D eigenvalue weighted by atomic mass is 10.1. The van der Waals surface area contributed by atoms with Crippen molar-refractivity contribution < 1.29 is 16.8 Å². The van der Waals surface area contributed by atoms with Crippen LogP contribution in [-0.4, -0.2) is 71.5 Å². The summed E-state index contributed by atoms with van der Waals surface area (Å²) < 4.78 is 53.2. The van der Waals surface area contributed by atoms with Crippen molar-refractivity contribution in [3.8, 4) is 0 Å². The van der Waals surface area contributed by atoms with Crippen molar-refractivity contribution in [1.29, 1.82) is 0 Å². The van der Waals surface area contributed by atoms with E-state index in [1.54, 1.807) is 6.92 Å². The Hall–Kier alpha value is -3.40. The van der Waals surface area contributed by atoms with Gasteiger partial charge in [-0.25, -0.2) is 17.9 Å². The van der Waals surface area contributed by atoms with Crippen LogP contribution in [0.5, 0.6) is 0 Å². The highest BCUT2D eigenvalue weighted by atomic mass is 32.2. The van der Waals surface area contributed by atoms with E-state index in [0.29, 0.717) is 7.94 Å². The molecule has 31 heavy (non-hydrogen) atoms. The summed E-state index contributed by atoms with van der Waals surface area (Å²) in [5, 5.41) is 6.61. The van der Waals surface area contributed by atoms with Gasteiger partial charge in [0, 0.05) is 43.6 Å². The molecule has 0 aromatic carbocycles. The van der Waals surface area contributed by atoms with Crippen LogP contribution < -0.4 is 0 Å². The van der Waals surface area contributed by atoms with Crippen molar-refractivity contribution in [3.05, 3.63) is 50.7 Å². The number of aromatic nitrogens is 4. The first-order valence-electron chi connectivity index (χ1n) is 8.23. The average molecular weight is 471 g/mol. The van der Waals surface area contributed by atoms with Crippen LogP contribution in [0.25, 0.3) is 26.5 Å². The normalized spacial score (nSPS) is 11.8. The van der Waals surface area contributed by atoms with Gasteiger partial charge in [0.15, 0.2) is 0 Å². The summed E-state index contributed by atoms with van der Waals surface area (Å²) in [5.41, 5.74) is 17.8. The van der Waals surface area contributed by atoms with Crippen molar-refractivity contribution in [3.63, 3.8) is 0 Å². The molecule has 0 saturated heterocycles. The fourth-order valence-corrected chi connectivity index (χ4v) is 4.04. The Morgan fingerprint density at radius 3 is 1.52 bits per heavy atom. The SMILES string of the molecule is CC=C(c1cn(S(=O)(=O)N(C)C)c(N=[N+]=[N-])n1)c1cn(S(=O)(=O)N(C)C)c(N=[N+]=[N-])n1. The van der Waals surface area contributed by atoms with E-state index < -0.39 is 32.3 Å². The Labute approximate surface area is 177 Å². The van der Waals surface area contributed by atoms with E-state index in [0.717, 1.165) is 21.0 Å². The van der Waals surface area contributed by atoms with Gasteiger partial charge in [-0.05, 0) is 28.2 Å². The second-order valence-corrected chi connectivity index (χ2v) is 10.1. The molecule has 0 saturated carbocycles. The first kappa shape index (κ1) is 23.9. The van der Waals surface area contributed by atoms with Crippen LogP contribution >= 0.6 is 0 Å². The largest absolute Gasteiger partial charge is 0.308 e. The van der Waals surface area contributed by atoms with Gasteiger partial charge in [0.2, 0.25) is 11.9 Å². The van der Waals surface area contributed by atoms with Gasteiger partial charge < -0.3 is 0 Å². The quantitative estimate of drug-likeness (QED) is 0.318. The van der Waals surface area contributed by atoms with Gasteiger partial charge in [-0.15, -0.1) is 0 Å². The minimum atomic E-state index is -4.08. The zero-order valence-corrected chi connectivity index (χ0v) is 18.7. The van der Waals surface area contributed by atoms with Gasteiger partial charge in [-0.3, -0.25) is 0 Å². The van der Waals surface area contributed by atoms with Crippen LogP contribution in [0.3, 0.4) is 0 Å². The second-order valence-electron chi connectivity index (χ2n) is 6.11. The highest BCUT2D eigenvalue weighted by Gasteiger charge is 2.26. The zero-order chi connectivity index (χ0) is 23.6. The average Bonchev–Trinajstić information content (AvgIpc) is 3.28. The van der Waals surface area contributed by atoms with Gasteiger partial charge in [0.05, 0.1) is 23.8 Å². The van der Waals surface area contributed by atoms with Gasteiger partial charge >= 0.3 is 20.4 Å². The highest BCUT2D eigenvalue weighted by molar-refractivity contribution is 7.87. The molecule has 0 amide bonds. The van der Waals surface area contributed by atoms with Crippen molar-refractivity contribution in [2.45, 2.75) is 6.92 Å². The summed E-state index contributed by atoms with van der Waals surface area (Å²) in [7, 11) is -3.02. The van der Waals surface area contributed by atoms with Crippen molar-refractivity contribution in [2.75, 3.05) is 28.2 Å². The zero-order valence-electron chi connectivity index (χ0n) is 17.0. The minimum Gasteiger partial charge on any atom is -0.226 e. The Balaban J connectivity index is 2.76. The molecular weight excluding hydrogens is 452 g/mol. The van der Waals surface area contributed by atoms with Gasteiger partial charge in [0.1, 0.15) is 0 Å². The molecule has 0 N–H and O–H groups in total. The Bertz CT molecular complexity index is 1240. The van der Waals surface area contributed by atoms with E-state index in [9.17, 15) is 16.8 Å². The van der Waals surface area contributed by atoms with Gasteiger partial charge in [0.25, 0.3) is 0 Å². The first-order chi connectivity index (χ1) is 14.4. The number of hydrogen-bond acceptors (Lipinski definition) is 8. The van der Waals surface area contributed by atoms with Crippen molar-refractivity contribution in [1.82, 2.24) is 26.5 Å². The summed E-state index contributed by atoms with van der Waals surface area (Å²) in [6, 6.07) is 0. The van der Waals surface area contributed by atoms with E-state index in [-0.39, 0.29) is 17.0 Å². The number of rotatable bonds is 8. The van der Waals surface area contributed by atoms with Crippen molar-refractivity contribution in [2.24, 2.45) is 10.2 Å². The standard InChI is InChI=1S/C13H18N12O4S2/c1-6-9(10-7-24(12(16-10)18-20-14)30(26,27)22(2)3)11-8-25(13(17-11)19-21-15)31(28,29)23(4)5/h6-8H,1-5H3. The summed E-state index contributed by atoms with van der Waals surface area (Å²) in [6.45, 7) is 1.58. The number of nitrogens with zero attached hydrogens (tertiary/aromatic N) is 12. The molecule has 16 nitrogen and oxygen atoms in total. The first-order valence-corrected chi connectivity index (χ1v) is 11.0.